The highest BCUT2D eigenvalue weighted by Gasteiger charge is 2.24. The molecule has 0 fully saturated rings. The third kappa shape index (κ3) is 2.46. The van der Waals surface area contributed by atoms with Crippen LogP contribution in [-0.2, 0) is 5.54 Å². The third-order valence-electron chi connectivity index (χ3n) is 3.44. The molecule has 1 heteroatoms. The Bertz CT molecular complexity index is 547. The number of hydrogen-bond donors (Lipinski definition) is 1. The molecule has 0 bridgehead atoms. The molecule has 2 aromatic carbocycles. The normalized spacial score (nSPS) is 14.3. The molecule has 0 saturated heterocycles. The summed E-state index contributed by atoms with van der Waals surface area (Å²) in [4.78, 5) is 0. The Kier molecular flexibility index (Phi) is 3.27. The average molecular weight is 239 g/mol. The Balaban J connectivity index is 2.53. The van der Waals surface area contributed by atoms with Gasteiger partial charge in [-0.1, -0.05) is 59.2 Å². The van der Waals surface area contributed by atoms with Crippen LogP contribution in [0.15, 0.2) is 42.5 Å². The van der Waals surface area contributed by atoms with Crippen molar-refractivity contribution in [3.05, 3.63) is 70.3 Å². The van der Waals surface area contributed by atoms with Crippen molar-refractivity contribution in [2.75, 3.05) is 0 Å². The molecule has 0 amide bonds. The van der Waals surface area contributed by atoms with Crippen molar-refractivity contribution in [2.24, 2.45) is 5.73 Å². The Hall–Kier alpha value is -1.60. The molecule has 94 valence electrons. The van der Waals surface area contributed by atoms with Gasteiger partial charge in [-0.05, 0) is 38.8 Å². The topological polar surface area (TPSA) is 26.0 Å². The first kappa shape index (κ1) is 12.8. The van der Waals surface area contributed by atoms with Gasteiger partial charge in [-0.3, -0.25) is 0 Å². The molecule has 1 unspecified atom stereocenters. The Morgan fingerprint density at radius 3 is 1.89 bits per heavy atom. The molecule has 2 N–H and O–H groups in total. The van der Waals surface area contributed by atoms with E-state index in [1.807, 2.05) is 0 Å². The second-order valence-electron chi connectivity index (χ2n) is 5.45. The van der Waals surface area contributed by atoms with E-state index in [0.29, 0.717) is 0 Å². The summed E-state index contributed by atoms with van der Waals surface area (Å²) < 4.78 is 0. The smallest absolute Gasteiger partial charge is 0.0637 e. The van der Waals surface area contributed by atoms with Crippen LogP contribution in [-0.4, -0.2) is 0 Å². The quantitative estimate of drug-likeness (QED) is 0.846. The molecule has 0 heterocycles. The summed E-state index contributed by atoms with van der Waals surface area (Å²) in [5, 5.41) is 0. The summed E-state index contributed by atoms with van der Waals surface area (Å²) in [7, 11) is 0. The lowest BCUT2D eigenvalue weighted by atomic mass is 9.84. The highest BCUT2D eigenvalue weighted by Crippen LogP contribution is 2.28. The Morgan fingerprint density at radius 1 is 0.778 bits per heavy atom. The largest absolute Gasteiger partial charge is 0.318 e. The molecular formula is C17H21N. The third-order valence-corrected chi connectivity index (χ3v) is 3.44. The van der Waals surface area contributed by atoms with Gasteiger partial charge in [-0.2, -0.15) is 0 Å². The number of benzene rings is 2. The van der Waals surface area contributed by atoms with Crippen LogP contribution in [0, 0.1) is 20.8 Å². The first-order valence-electron chi connectivity index (χ1n) is 6.34. The predicted octanol–water partition coefficient (Wildman–Crippen LogP) is 3.83. The molecule has 1 atom stereocenters. The van der Waals surface area contributed by atoms with Gasteiger partial charge in [0.1, 0.15) is 0 Å². The van der Waals surface area contributed by atoms with E-state index in [0.717, 1.165) is 5.56 Å². The number of hydrogen-bond acceptors (Lipinski definition) is 1. The minimum absolute atomic E-state index is 0.442. The maximum absolute atomic E-state index is 6.57. The maximum Gasteiger partial charge on any atom is 0.0637 e. The molecule has 2 rings (SSSR count). The van der Waals surface area contributed by atoms with E-state index in [1.54, 1.807) is 0 Å². The summed E-state index contributed by atoms with van der Waals surface area (Å²) in [5.41, 5.74) is 12.2. The fourth-order valence-corrected chi connectivity index (χ4v) is 2.41. The maximum atomic E-state index is 6.57. The fourth-order valence-electron chi connectivity index (χ4n) is 2.41. The number of rotatable bonds is 2. The molecule has 2 aromatic rings. The number of nitrogens with two attached hydrogens (primary N) is 1. The van der Waals surface area contributed by atoms with Gasteiger partial charge in [0.25, 0.3) is 0 Å². The van der Waals surface area contributed by atoms with E-state index in [2.05, 4.69) is 70.2 Å². The fraction of sp³-hybridized carbons (Fsp3) is 0.294. The molecule has 0 aromatic heterocycles. The molecule has 0 aliphatic carbocycles. The zero-order valence-corrected chi connectivity index (χ0v) is 11.6. The molecule has 0 spiro atoms. The van der Waals surface area contributed by atoms with Gasteiger partial charge in [0.05, 0.1) is 5.54 Å². The Morgan fingerprint density at radius 2 is 1.33 bits per heavy atom. The average Bonchev–Trinajstić information content (AvgIpc) is 2.27. The van der Waals surface area contributed by atoms with Gasteiger partial charge in [-0.15, -0.1) is 0 Å². The SMILES string of the molecule is Cc1cccc(C(C)(N)c2cc(C)cc(C)c2)c1. The van der Waals surface area contributed by atoms with E-state index in [4.69, 9.17) is 5.73 Å². The van der Waals surface area contributed by atoms with Crippen LogP contribution in [0.1, 0.15) is 34.7 Å². The molecular weight excluding hydrogens is 218 g/mol. The molecule has 18 heavy (non-hydrogen) atoms. The summed E-state index contributed by atoms with van der Waals surface area (Å²) in [6.07, 6.45) is 0. The van der Waals surface area contributed by atoms with Crippen LogP contribution in [0.2, 0.25) is 0 Å². The summed E-state index contributed by atoms with van der Waals surface area (Å²) >= 11 is 0. The lowest BCUT2D eigenvalue weighted by molar-refractivity contribution is 0.601. The summed E-state index contributed by atoms with van der Waals surface area (Å²) in [5.74, 6) is 0. The molecule has 0 aliphatic heterocycles. The molecule has 1 nitrogen and oxygen atoms in total. The monoisotopic (exact) mass is 239 g/mol. The molecule has 0 radical (unpaired) electrons. The minimum atomic E-state index is -0.442. The van der Waals surface area contributed by atoms with Crippen molar-refractivity contribution in [2.45, 2.75) is 33.2 Å². The van der Waals surface area contributed by atoms with E-state index in [1.165, 1.54) is 22.3 Å². The van der Waals surface area contributed by atoms with Crippen LogP contribution in [0.25, 0.3) is 0 Å². The van der Waals surface area contributed by atoms with Crippen LogP contribution < -0.4 is 5.73 Å². The van der Waals surface area contributed by atoms with Gasteiger partial charge >= 0.3 is 0 Å². The standard InChI is InChI=1S/C17H21N/c1-12-6-5-7-15(9-12)17(4,18)16-10-13(2)8-14(3)11-16/h5-11H,18H2,1-4H3. The van der Waals surface area contributed by atoms with Crippen molar-refractivity contribution < 1.29 is 0 Å². The highest BCUT2D eigenvalue weighted by atomic mass is 14.7. The van der Waals surface area contributed by atoms with Gasteiger partial charge in [0, 0.05) is 0 Å². The highest BCUT2D eigenvalue weighted by molar-refractivity contribution is 5.41. The summed E-state index contributed by atoms with van der Waals surface area (Å²) in [6, 6.07) is 15.0. The van der Waals surface area contributed by atoms with Crippen LogP contribution in [0.5, 0.6) is 0 Å². The second kappa shape index (κ2) is 4.58. The minimum Gasteiger partial charge on any atom is -0.318 e. The van der Waals surface area contributed by atoms with E-state index in [-0.39, 0.29) is 0 Å². The van der Waals surface area contributed by atoms with Crippen molar-refractivity contribution in [1.82, 2.24) is 0 Å². The first-order chi connectivity index (χ1) is 8.39. The molecule has 0 aliphatic rings. The van der Waals surface area contributed by atoms with Crippen LogP contribution in [0.3, 0.4) is 0 Å². The summed E-state index contributed by atoms with van der Waals surface area (Å²) in [6.45, 7) is 8.41. The zero-order chi connectivity index (χ0) is 13.3. The van der Waals surface area contributed by atoms with Crippen molar-refractivity contribution >= 4 is 0 Å². The van der Waals surface area contributed by atoms with Crippen molar-refractivity contribution in [1.29, 1.82) is 0 Å². The van der Waals surface area contributed by atoms with E-state index in [9.17, 15) is 0 Å². The molecule has 0 saturated carbocycles. The van der Waals surface area contributed by atoms with Crippen molar-refractivity contribution in [3.8, 4) is 0 Å². The predicted molar refractivity (Wildman–Crippen MR) is 77.7 cm³/mol. The van der Waals surface area contributed by atoms with Gasteiger partial charge in [0.2, 0.25) is 0 Å². The van der Waals surface area contributed by atoms with Crippen molar-refractivity contribution in [3.63, 3.8) is 0 Å². The lowest BCUT2D eigenvalue weighted by Crippen LogP contribution is -2.34. The Labute approximate surface area is 110 Å². The van der Waals surface area contributed by atoms with Crippen LogP contribution in [0.4, 0.5) is 0 Å². The van der Waals surface area contributed by atoms with Gasteiger partial charge < -0.3 is 5.73 Å². The second-order valence-corrected chi connectivity index (χ2v) is 5.45. The number of aryl methyl sites for hydroxylation is 3. The van der Waals surface area contributed by atoms with Crippen LogP contribution >= 0.6 is 0 Å². The van der Waals surface area contributed by atoms with Gasteiger partial charge in [0.15, 0.2) is 0 Å². The van der Waals surface area contributed by atoms with E-state index >= 15 is 0 Å². The zero-order valence-electron chi connectivity index (χ0n) is 11.6. The van der Waals surface area contributed by atoms with Gasteiger partial charge in [-0.25, -0.2) is 0 Å². The first-order valence-corrected chi connectivity index (χ1v) is 6.34. The van der Waals surface area contributed by atoms with E-state index < -0.39 is 5.54 Å². The lowest BCUT2D eigenvalue weighted by Gasteiger charge is -2.27.